The van der Waals surface area contributed by atoms with Crippen LogP contribution < -0.4 is 33.2 Å². The van der Waals surface area contributed by atoms with Crippen molar-refractivity contribution in [1.82, 2.24) is 0 Å². The standard InChI is InChI=1S/C36H34O9/c1-39-23-12-7-21(8-13-23)9-18-27(37)31-29(42-4)20-30(43-5)32(36(31)44-6)33-34(38)26-17-16-25(41-3)19-28(26)45-35(33)22-10-14-24(40-2)15-11-22/h7-20,33,35H,1-6H3/t33-,35-/m0/s1. The zero-order chi connectivity index (χ0) is 32.1. The predicted molar refractivity (Wildman–Crippen MR) is 169 cm³/mol. The van der Waals surface area contributed by atoms with Gasteiger partial charge in [-0.05, 0) is 53.6 Å². The maximum absolute atomic E-state index is 14.5. The summed E-state index contributed by atoms with van der Waals surface area (Å²) in [6, 6.07) is 21.2. The molecule has 9 nitrogen and oxygen atoms in total. The fourth-order valence-corrected chi connectivity index (χ4v) is 5.44. The fourth-order valence-electron chi connectivity index (χ4n) is 5.44. The highest BCUT2D eigenvalue weighted by atomic mass is 16.5. The molecule has 0 saturated heterocycles. The van der Waals surface area contributed by atoms with Gasteiger partial charge in [0.05, 0.1) is 59.7 Å². The van der Waals surface area contributed by atoms with E-state index in [-0.39, 0.29) is 22.8 Å². The molecule has 0 saturated carbocycles. The Kier molecular flexibility index (Phi) is 9.28. The van der Waals surface area contributed by atoms with Crippen molar-refractivity contribution in [3.8, 4) is 40.2 Å². The van der Waals surface area contributed by atoms with Gasteiger partial charge in [0.15, 0.2) is 11.6 Å². The second-order valence-electron chi connectivity index (χ2n) is 10.1. The number of hydrogen-bond donors (Lipinski definition) is 0. The third-order valence-electron chi connectivity index (χ3n) is 7.73. The highest BCUT2D eigenvalue weighted by Gasteiger charge is 2.44. The minimum absolute atomic E-state index is 0.141. The van der Waals surface area contributed by atoms with Crippen LogP contribution in [0, 0.1) is 0 Å². The number of allylic oxidation sites excluding steroid dienone is 1. The summed E-state index contributed by atoms with van der Waals surface area (Å²) < 4.78 is 39.9. The first-order valence-electron chi connectivity index (χ1n) is 14.1. The van der Waals surface area contributed by atoms with Gasteiger partial charge in [0.1, 0.15) is 51.9 Å². The fraction of sp³-hybridized carbons (Fsp3) is 0.222. The Bertz CT molecular complexity index is 1720. The molecule has 232 valence electrons. The Morgan fingerprint density at radius 3 is 1.87 bits per heavy atom. The Morgan fingerprint density at radius 1 is 0.689 bits per heavy atom. The van der Waals surface area contributed by atoms with Crippen LogP contribution in [-0.2, 0) is 0 Å². The van der Waals surface area contributed by atoms with Crippen LogP contribution in [0.1, 0.15) is 49.4 Å². The van der Waals surface area contributed by atoms with Crippen molar-refractivity contribution < 1.29 is 42.7 Å². The van der Waals surface area contributed by atoms with E-state index in [0.717, 1.165) is 5.56 Å². The lowest BCUT2D eigenvalue weighted by molar-refractivity contribution is 0.0772. The molecule has 0 aliphatic carbocycles. The van der Waals surface area contributed by atoms with Gasteiger partial charge in [0, 0.05) is 12.1 Å². The monoisotopic (exact) mass is 610 g/mol. The number of hydrogen-bond acceptors (Lipinski definition) is 9. The first-order valence-corrected chi connectivity index (χ1v) is 14.1. The van der Waals surface area contributed by atoms with E-state index < -0.39 is 17.8 Å². The van der Waals surface area contributed by atoms with Gasteiger partial charge in [0.2, 0.25) is 0 Å². The normalized spacial score (nSPS) is 15.6. The van der Waals surface area contributed by atoms with Crippen LogP contribution in [0.3, 0.4) is 0 Å². The summed E-state index contributed by atoms with van der Waals surface area (Å²) in [6.45, 7) is 0. The molecule has 0 spiro atoms. The lowest BCUT2D eigenvalue weighted by atomic mass is 9.79. The van der Waals surface area contributed by atoms with Crippen LogP contribution in [0.2, 0.25) is 0 Å². The summed E-state index contributed by atoms with van der Waals surface area (Å²) in [5.41, 5.74) is 2.35. The maximum atomic E-state index is 14.5. The number of carbonyl (C=O) groups excluding carboxylic acids is 2. The van der Waals surface area contributed by atoms with Crippen LogP contribution in [0.25, 0.3) is 6.08 Å². The second-order valence-corrected chi connectivity index (χ2v) is 10.1. The highest BCUT2D eigenvalue weighted by molar-refractivity contribution is 6.12. The van der Waals surface area contributed by atoms with Gasteiger partial charge in [-0.25, -0.2) is 0 Å². The zero-order valence-corrected chi connectivity index (χ0v) is 25.9. The number of benzene rings is 4. The van der Waals surface area contributed by atoms with Crippen molar-refractivity contribution in [1.29, 1.82) is 0 Å². The van der Waals surface area contributed by atoms with E-state index in [1.54, 1.807) is 75.9 Å². The third kappa shape index (κ3) is 6.02. The van der Waals surface area contributed by atoms with Gasteiger partial charge < -0.3 is 33.2 Å². The summed E-state index contributed by atoms with van der Waals surface area (Å²) in [6.07, 6.45) is 2.29. The number of Topliss-reactive ketones (excluding diaryl/α,β-unsaturated/α-hetero) is 1. The molecular formula is C36H34O9. The number of ether oxygens (including phenoxy) is 7. The Labute approximate surface area is 261 Å². The van der Waals surface area contributed by atoms with Gasteiger partial charge >= 0.3 is 0 Å². The van der Waals surface area contributed by atoms with Crippen LogP contribution in [0.5, 0.6) is 40.2 Å². The average Bonchev–Trinajstić information content (AvgIpc) is 3.09. The summed E-state index contributed by atoms with van der Waals surface area (Å²) in [7, 11) is 9.09. The first-order chi connectivity index (χ1) is 21.9. The van der Waals surface area contributed by atoms with Crippen LogP contribution in [0.4, 0.5) is 0 Å². The molecule has 0 aromatic heterocycles. The van der Waals surface area contributed by atoms with Gasteiger partial charge in [-0.2, -0.15) is 0 Å². The van der Waals surface area contributed by atoms with Crippen molar-refractivity contribution in [3.05, 3.63) is 107 Å². The van der Waals surface area contributed by atoms with Crippen molar-refractivity contribution in [3.63, 3.8) is 0 Å². The minimum atomic E-state index is -0.966. The summed E-state index contributed by atoms with van der Waals surface area (Å²) in [5, 5.41) is 0. The van der Waals surface area contributed by atoms with E-state index in [2.05, 4.69) is 0 Å². The molecule has 4 aromatic rings. The van der Waals surface area contributed by atoms with Crippen LogP contribution in [0.15, 0.2) is 78.9 Å². The molecule has 0 radical (unpaired) electrons. The number of ketones is 2. The van der Waals surface area contributed by atoms with Crippen molar-refractivity contribution >= 4 is 17.6 Å². The molecule has 1 heterocycles. The maximum Gasteiger partial charge on any atom is 0.193 e. The molecule has 0 bridgehead atoms. The number of rotatable bonds is 11. The number of methoxy groups -OCH3 is 6. The molecule has 2 atom stereocenters. The molecule has 5 rings (SSSR count). The summed E-state index contributed by atoms with van der Waals surface area (Å²) >= 11 is 0. The molecule has 1 aliphatic rings. The third-order valence-corrected chi connectivity index (χ3v) is 7.73. The van der Waals surface area contributed by atoms with Crippen molar-refractivity contribution in [2.75, 3.05) is 42.7 Å². The lowest BCUT2D eigenvalue weighted by Gasteiger charge is -2.35. The number of fused-ring (bicyclic) bond motifs is 1. The minimum Gasteiger partial charge on any atom is -0.497 e. The van der Waals surface area contributed by atoms with E-state index in [0.29, 0.717) is 45.4 Å². The predicted octanol–water partition coefficient (Wildman–Crippen LogP) is 6.73. The SMILES string of the molecule is COc1ccc(C=CC(=O)c2c(OC)cc(OC)c([C@H]3C(=O)c4ccc(OC)cc4O[C@H]3c3ccc(OC)cc3)c2OC)cc1. The quantitative estimate of drug-likeness (QED) is 0.135. The van der Waals surface area contributed by atoms with E-state index in [1.165, 1.54) is 27.4 Å². The Hall–Kier alpha value is -5.44. The second kappa shape index (κ2) is 13.5. The molecule has 0 N–H and O–H groups in total. The van der Waals surface area contributed by atoms with E-state index in [4.69, 9.17) is 33.2 Å². The molecule has 45 heavy (non-hydrogen) atoms. The number of carbonyl (C=O) groups is 2. The van der Waals surface area contributed by atoms with Crippen LogP contribution in [-0.4, -0.2) is 54.2 Å². The van der Waals surface area contributed by atoms with E-state index >= 15 is 0 Å². The first kappa shape index (κ1) is 31.0. The largest absolute Gasteiger partial charge is 0.497 e. The molecule has 0 fully saturated rings. The Morgan fingerprint density at radius 2 is 1.29 bits per heavy atom. The average molecular weight is 611 g/mol. The van der Waals surface area contributed by atoms with E-state index in [1.807, 2.05) is 24.3 Å². The highest BCUT2D eigenvalue weighted by Crippen LogP contribution is 2.52. The molecule has 0 amide bonds. The topological polar surface area (TPSA) is 98.8 Å². The smallest absolute Gasteiger partial charge is 0.193 e. The van der Waals surface area contributed by atoms with Crippen molar-refractivity contribution in [2.45, 2.75) is 12.0 Å². The van der Waals surface area contributed by atoms with Crippen LogP contribution >= 0.6 is 0 Å². The summed E-state index contributed by atoms with van der Waals surface area (Å²) in [4.78, 5) is 28.3. The molecule has 1 aliphatic heterocycles. The Balaban J connectivity index is 1.69. The lowest BCUT2D eigenvalue weighted by Crippen LogP contribution is -2.31. The summed E-state index contributed by atoms with van der Waals surface area (Å²) in [5.74, 6) is 1.35. The molecule has 4 aromatic carbocycles. The van der Waals surface area contributed by atoms with E-state index in [9.17, 15) is 9.59 Å². The van der Waals surface area contributed by atoms with Gasteiger partial charge in [-0.15, -0.1) is 0 Å². The molecule has 9 heteroatoms. The van der Waals surface area contributed by atoms with Gasteiger partial charge in [0.25, 0.3) is 0 Å². The zero-order valence-electron chi connectivity index (χ0n) is 25.9. The van der Waals surface area contributed by atoms with Gasteiger partial charge in [-0.1, -0.05) is 30.3 Å². The molecule has 0 unspecified atom stereocenters. The van der Waals surface area contributed by atoms with Gasteiger partial charge in [-0.3, -0.25) is 9.59 Å². The van der Waals surface area contributed by atoms with Crippen molar-refractivity contribution in [2.24, 2.45) is 0 Å². The molecular weight excluding hydrogens is 576 g/mol.